The van der Waals surface area contributed by atoms with Crippen molar-refractivity contribution in [1.29, 1.82) is 0 Å². The number of carbonyl (C=O) groups excluding carboxylic acids is 1. The Hall–Kier alpha value is -0.830. The summed E-state index contributed by atoms with van der Waals surface area (Å²) in [5, 5.41) is 2.91. The van der Waals surface area contributed by atoms with Crippen LogP contribution in [0.15, 0.2) is 24.3 Å². The van der Waals surface area contributed by atoms with E-state index < -0.39 is 0 Å². The first-order chi connectivity index (χ1) is 8.04. The van der Waals surface area contributed by atoms with Crippen LogP contribution >= 0.6 is 15.9 Å². The molecule has 1 amide bonds. The first kappa shape index (κ1) is 14.2. The van der Waals surface area contributed by atoms with Gasteiger partial charge in [-0.2, -0.15) is 0 Å². The van der Waals surface area contributed by atoms with Gasteiger partial charge in [0.1, 0.15) is 0 Å². The largest absolute Gasteiger partial charge is 0.351 e. The average Bonchev–Trinajstić information content (AvgIpc) is 2.35. The zero-order valence-corrected chi connectivity index (χ0v) is 12.3. The molecule has 94 valence electrons. The maximum absolute atomic E-state index is 11.6. The van der Waals surface area contributed by atoms with E-state index >= 15 is 0 Å². The number of hydrogen-bond acceptors (Lipinski definition) is 1. The molecule has 0 aliphatic carbocycles. The molecular formula is C14H20BrNO. The molecule has 0 heterocycles. The van der Waals surface area contributed by atoms with Crippen LogP contribution in [0.1, 0.15) is 44.2 Å². The molecule has 17 heavy (non-hydrogen) atoms. The highest BCUT2D eigenvalue weighted by Crippen LogP contribution is 2.14. The van der Waals surface area contributed by atoms with Gasteiger partial charge in [0.25, 0.3) is 0 Å². The Morgan fingerprint density at radius 1 is 1.29 bits per heavy atom. The Labute approximate surface area is 112 Å². The second kappa shape index (κ2) is 6.80. The van der Waals surface area contributed by atoms with Crippen molar-refractivity contribution in [3.8, 4) is 0 Å². The van der Waals surface area contributed by atoms with Crippen molar-refractivity contribution in [2.75, 3.05) is 0 Å². The molecule has 2 nitrogen and oxygen atoms in total. The van der Waals surface area contributed by atoms with Gasteiger partial charge in [0.2, 0.25) is 5.91 Å². The average molecular weight is 298 g/mol. The minimum absolute atomic E-state index is 0.0560. The molecule has 1 aromatic carbocycles. The van der Waals surface area contributed by atoms with Crippen molar-refractivity contribution in [2.45, 2.75) is 44.5 Å². The second-order valence-corrected chi connectivity index (χ2v) is 5.60. The van der Waals surface area contributed by atoms with E-state index in [0.29, 0.717) is 12.5 Å². The van der Waals surface area contributed by atoms with Gasteiger partial charge in [-0.25, -0.2) is 0 Å². The molecular weight excluding hydrogens is 278 g/mol. The lowest BCUT2D eigenvalue weighted by molar-refractivity contribution is -0.120. The van der Waals surface area contributed by atoms with Crippen LogP contribution in [0, 0.1) is 0 Å². The number of hydrogen-bond donors (Lipinski definition) is 1. The van der Waals surface area contributed by atoms with Gasteiger partial charge in [0, 0.05) is 6.54 Å². The molecule has 0 spiro atoms. The van der Waals surface area contributed by atoms with E-state index in [1.54, 1.807) is 0 Å². The molecule has 0 saturated heterocycles. The van der Waals surface area contributed by atoms with E-state index in [4.69, 9.17) is 0 Å². The predicted molar refractivity (Wildman–Crippen MR) is 75.4 cm³/mol. The third kappa shape index (κ3) is 4.50. The maximum atomic E-state index is 11.6. The number of halogens is 1. The second-order valence-electron chi connectivity index (χ2n) is 4.49. The van der Waals surface area contributed by atoms with Gasteiger partial charge in [0.05, 0.1) is 4.83 Å². The molecule has 0 fully saturated rings. The molecule has 0 saturated carbocycles. The molecule has 3 heteroatoms. The van der Waals surface area contributed by atoms with E-state index in [1.807, 2.05) is 6.92 Å². The highest BCUT2D eigenvalue weighted by Gasteiger charge is 2.11. The Morgan fingerprint density at radius 3 is 2.35 bits per heavy atom. The lowest BCUT2D eigenvalue weighted by Crippen LogP contribution is -2.30. The van der Waals surface area contributed by atoms with Crippen LogP contribution < -0.4 is 5.32 Å². The molecule has 0 aliphatic heterocycles. The van der Waals surface area contributed by atoms with Gasteiger partial charge in [-0.05, 0) is 23.5 Å². The predicted octanol–water partition coefficient (Wildman–Crippen LogP) is 3.60. The Morgan fingerprint density at radius 2 is 1.88 bits per heavy atom. The topological polar surface area (TPSA) is 29.1 Å². The van der Waals surface area contributed by atoms with Gasteiger partial charge in [-0.15, -0.1) is 0 Å². The van der Waals surface area contributed by atoms with Gasteiger partial charge in [-0.1, -0.05) is 61.0 Å². The van der Waals surface area contributed by atoms with Crippen molar-refractivity contribution >= 4 is 21.8 Å². The molecule has 0 bridgehead atoms. The summed E-state index contributed by atoms with van der Waals surface area (Å²) < 4.78 is 0. The summed E-state index contributed by atoms with van der Waals surface area (Å²) >= 11 is 3.33. The smallest absolute Gasteiger partial charge is 0.234 e. The molecule has 0 aromatic heterocycles. The fourth-order valence-electron chi connectivity index (χ4n) is 1.51. The molecule has 1 atom stereocenters. The number of amides is 1. The van der Waals surface area contributed by atoms with Crippen molar-refractivity contribution in [3.63, 3.8) is 0 Å². The summed E-state index contributed by atoms with van der Waals surface area (Å²) in [5.41, 5.74) is 2.46. The zero-order valence-electron chi connectivity index (χ0n) is 10.7. The van der Waals surface area contributed by atoms with Crippen LogP contribution in [0.2, 0.25) is 0 Å². The highest BCUT2D eigenvalue weighted by atomic mass is 79.9. The summed E-state index contributed by atoms with van der Waals surface area (Å²) in [4.78, 5) is 11.5. The molecule has 0 radical (unpaired) electrons. The van der Waals surface area contributed by atoms with Crippen LogP contribution in [0.25, 0.3) is 0 Å². The lowest BCUT2D eigenvalue weighted by Gasteiger charge is -2.10. The maximum Gasteiger partial charge on any atom is 0.234 e. The fraction of sp³-hybridized carbons (Fsp3) is 0.500. The summed E-state index contributed by atoms with van der Waals surface area (Å²) in [6.45, 7) is 6.93. The minimum atomic E-state index is -0.0857. The SMILES string of the molecule is CCC(Br)C(=O)NCc1ccc(C(C)C)cc1. The zero-order chi connectivity index (χ0) is 12.8. The fourth-order valence-corrected chi connectivity index (χ4v) is 1.67. The number of alkyl halides is 1. The van der Waals surface area contributed by atoms with Crippen molar-refractivity contribution < 1.29 is 4.79 Å². The summed E-state index contributed by atoms with van der Waals surface area (Å²) in [6.07, 6.45) is 0.804. The van der Waals surface area contributed by atoms with Crippen molar-refractivity contribution in [3.05, 3.63) is 35.4 Å². The Balaban J connectivity index is 2.50. The minimum Gasteiger partial charge on any atom is -0.351 e. The summed E-state index contributed by atoms with van der Waals surface area (Å²) in [6, 6.07) is 8.39. The number of rotatable bonds is 5. The number of carbonyl (C=O) groups is 1. The van der Waals surface area contributed by atoms with E-state index in [-0.39, 0.29) is 10.7 Å². The van der Waals surface area contributed by atoms with Gasteiger partial charge in [0.15, 0.2) is 0 Å². The highest BCUT2D eigenvalue weighted by molar-refractivity contribution is 9.10. The summed E-state index contributed by atoms with van der Waals surface area (Å²) in [5.74, 6) is 0.603. The van der Waals surface area contributed by atoms with E-state index in [9.17, 15) is 4.79 Å². The monoisotopic (exact) mass is 297 g/mol. The quantitative estimate of drug-likeness (QED) is 0.827. The van der Waals surface area contributed by atoms with Crippen LogP contribution in [0.4, 0.5) is 0 Å². The van der Waals surface area contributed by atoms with E-state index in [1.165, 1.54) is 5.56 Å². The molecule has 1 unspecified atom stereocenters. The van der Waals surface area contributed by atoms with E-state index in [2.05, 4.69) is 59.4 Å². The molecule has 1 rings (SSSR count). The Kier molecular flexibility index (Phi) is 5.69. The number of benzene rings is 1. The molecule has 0 aliphatic rings. The standard InChI is InChI=1S/C14H20BrNO/c1-4-13(15)14(17)16-9-11-5-7-12(8-6-11)10(2)3/h5-8,10,13H,4,9H2,1-3H3,(H,16,17). The van der Waals surface area contributed by atoms with Gasteiger partial charge >= 0.3 is 0 Å². The van der Waals surface area contributed by atoms with Crippen LogP contribution in [-0.2, 0) is 11.3 Å². The molecule has 1 aromatic rings. The van der Waals surface area contributed by atoms with E-state index in [0.717, 1.165) is 12.0 Å². The Bertz CT molecular complexity index is 359. The third-order valence-corrected chi connectivity index (χ3v) is 3.82. The van der Waals surface area contributed by atoms with Crippen LogP contribution in [0.5, 0.6) is 0 Å². The number of nitrogens with one attached hydrogen (secondary N) is 1. The van der Waals surface area contributed by atoms with Crippen molar-refractivity contribution in [1.82, 2.24) is 5.32 Å². The normalized spacial score (nSPS) is 12.5. The van der Waals surface area contributed by atoms with Gasteiger partial charge < -0.3 is 5.32 Å². The van der Waals surface area contributed by atoms with Crippen LogP contribution in [-0.4, -0.2) is 10.7 Å². The summed E-state index contributed by atoms with van der Waals surface area (Å²) in [7, 11) is 0. The third-order valence-electron chi connectivity index (χ3n) is 2.76. The first-order valence-corrected chi connectivity index (χ1v) is 6.96. The first-order valence-electron chi connectivity index (χ1n) is 6.05. The van der Waals surface area contributed by atoms with Gasteiger partial charge in [-0.3, -0.25) is 4.79 Å². The van der Waals surface area contributed by atoms with Crippen molar-refractivity contribution in [2.24, 2.45) is 0 Å². The van der Waals surface area contributed by atoms with Crippen LogP contribution in [0.3, 0.4) is 0 Å². The molecule has 1 N–H and O–H groups in total. The lowest BCUT2D eigenvalue weighted by atomic mass is 10.0.